The first-order valence-corrected chi connectivity index (χ1v) is 12.7. The van der Waals surface area contributed by atoms with Crippen molar-refractivity contribution in [1.82, 2.24) is 9.97 Å². The maximum atomic E-state index is 6.15. The third-order valence-electron chi connectivity index (χ3n) is 5.00. The molecule has 27 heavy (non-hydrogen) atoms. The fourth-order valence-corrected chi connectivity index (χ4v) is 6.10. The zero-order chi connectivity index (χ0) is 19.0. The van der Waals surface area contributed by atoms with E-state index in [1.165, 1.54) is 21.4 Å². The van der Waals surface area contributed by atoms with Crippen molar-refractivity contribution < 1.29 is 4.74 Å². The zero-order valence-corrected chi connectivity index (χ0v) is 19.6. The summed E-state index contributed by atoms with van der Waals surface area (Å²) in [6.07, 6.45) is 3.98. The Morgan fingerprint density at radius 1 is 1.26 bits per heavy atom. The molecule has 0 spiro atoms. The Bertz CT molecular complexity index is 974. The monoisotopic (exact) mass is 480 g/mol. The van der Waals surface area contributed by atoms with Gasteiger partial charge in [-0.2, -0.15) is 0 Å². The van der Waals surface area contributed by atoms with Crippen LogP contribution in [0.4, 0.5) is 0 Å². The highest BCUT2D eigenvalue weighted by atomic mass is 79.9. The highest BCUT2D eigenvalue weighted by Gasteiger charge is 2.33. The number of rotatable bonds is 5. The Hall–Kier alpha value is -0.600. The van der Waals surface area contributed by atoms with Crippen molar-refractivity contribution in [1.29, 1.82) is 0 Å². The minimum absolute atomic E-state index is 0.0905. The molecule has 0 aliphatic carbocycles. The van der Waals surface area contributed by atoms with Crippen LogP contribution < -0.4 is 0 Å². The SMILES string of the molecule is CC[C@]1(C)Cc2c(sc3nc(SC)nc(SCc4ccc(Br)cc4)c23)CO1. The summed E-state index contributed by atoms with van der Waals surface area (Å²) in [7, 11) is 0. The van der Waals surface area contributed by atoms with E-state index in [1.807, 2.05) is 18.0 Å². The van der Waals surface area contributed by atoms with E-state index in [0.717, 1.165) is 38.1 Å². The summed E-state index contributed by atoms with van der Waals surface area (Å²) >= 11 is 8.69. The van der Waals surface area contributed by atoms with Crippen molar-refractivity contribution >= 4 is 61.0 Å². The van der Waals surface area contributed by atoms with Crippen LogP contribution in [-0.2, 0) is 23.5 Å². The first-order chi connectivity index (χ1) is 13.0. The van der Waals surface area contributed by atoms with Crippen LogP contribution >= 0.6 is 50.8 Å². The molecule has 7 heteroatoms. The molecule has 1 atom stereocenters. The van der Waals surface area contributed by atoms with Crippen LogP contribution in [0, 0.1) is 0 Å². The molecule has 3 heterocycles. The van der Waals surface area contributed by atoms with E-state index in [9.17, 15) is 0 Å². The second kappa shape index (κ2) is 8.03. The maximum Gasteiger partial charge on any atom is 0.189 e. The molecule has 0 unspecified atom stereocenters. The van der Waals surface area contributed by atoms with E-state index in [2.05, 4.69) is 54.0 Å². The molecule has 142 valence electrons. The lowest BCUT2D eigenvalue weighted by molar-refractivity contribution is -0.0543. The van der Waals surface area contributed by atoms with Crippen molar-refractivity contribution in [3.8, 4) is 0 Å². The molecular weight excluding hydrogens is 460 g/mol. The number of nitrogens with zero attached hydrogens (tertiary/aromatic N) is 2. The Labute approximate surface area is 180 Å². The molecule has 1 aromatic carbocycles. The van der Waals surface area contributed by atoms with E-state index in [4.69, 9.17) is 14.7 Å². The number of thiophene rings is 1. The van der Waals surface area contributed by atoms with Crippen LogP contribution in [0.15, 0.2) is 38.9 Å². The third-order valence-corrected chi connectivity index (χ3v) is 8.22. The summed E-state index contributed by atoms with van der Waals surface area (Å²) in [6.45, 7) is 5.10. The molecule has 3 aromatic rings. The first-order valence-electron chi connectivity index (χ1n) is 8.89. The van der Waals surface area contributed by atoms with Crippen LogP contribution in [0.25, 0.3) is 10.2 Å². The fourth-order valence-electron chi connectivity index (χ4n) is 3.18. The Morgan fingerprint density at radius 3 is 2.74 bits per heavy atom. The molecule has 0 amide bonds. The molecular formula is C20H21BrN2OS3. The van der Waals surface area contributed by atoms with Crippen LogP contribution in [0.3, 0.4) is 0 Å². The molecule has 1 aliphatic rings. The van der Waals surface area contributed by atoms with Crippen molar-refractivity contribution in [2.75, 3.05) is 6.26 Å². The number of hydrogen-bond acceptors (Lipinski definition) is 6. The average molecular weight is 482 g/mol. The van der Waals surface area contributed by atoms with E-state index in [-0.39, 0.29) is 5.60 Å². The molecule has 0 N–H and O–H groups in total. The largest absolute Gasteiger partial charge is 0.369 e. The number of hydrogen-bond donors (Lipinski definition) is 0. The predicted molar refractivity (Wildman–Crippen MR) is 120 cm³/mol. The van der Waals surface area contributed by atoms with Gasteiger partial charge in [0.2, 0.25) is 0 Å². The minimum Gasteiger partial charge on any atom is -0.369 e. The number of thioether (sulfide) groups is 2. The second-order valence-corrected chi connectivity index (χ2v) is 10.6. The van der Waals surface area contributed by atoms with Gasteiger partial charge in [0.1, 0.15) is 9.86 Å². The second-order valence-electron chi connectivity index (χ2n) is 6.88. The summed E-state index contributed by atoms with van der Waals surface area (Å²) in [6, 6.07) is 8.51. The van der Waals surface area contributed by atoms with E-state index < -0.39 is 0 Å². The fraction of sp³-hybridized carbons (Fsp3) is 0.400. The number of fused-ring (bicyclic) bond motifs is 3. The third kappa shape index (κ3) is 4.08. The standard InChI is InChI=1S/C20H21BrN2OS3/c1-4-20(2)9-14-15(10-24-20)27-18-16(14)17(22-19(23-18)25-3)26-11-12-5-7-13(21)8-6-12/h5-8H,4,9-11H2,1-3H3/t20-/m1/s1. The molecule has 4 rings (SSSR count). The van der Waals surface area contributed by atoms with Gasteiger partial charge >= 0.3 is 0 Å². The zero-order valence-electron chi connectivity index (χ0n) is 15.5. The van der Waals surface area contributed by atoms with Crippen LogP contribution in [0.1, 0.15) is 36.3 Å². The Balaban J connectivity index is 1.74. The Morgan fingerprint density at radius 2 is 2.04 bits per heavy atom. The van der Waals surface area contributed by atoms with Crippen LogP contribution in [0.2, 0.25) is 0 Å². The normalized spacial score (nSPS) is 19.4. The van der Waals surface area contributed by atoms with Crippen molar-refractivity contribution in [3.05, 3.63) is 44.7 Å². The Kier molecular flexibility index (Phi) is 5.86. The number of ether oxygens (including phenoxy) is 1. The van der Waals surface area contributed by atoms with E-state index in [0.29, 0.717) is 6.61 Å². The summed E-state index contributed by atoms with van der Waals surface area (Å²) in [5.41, 5.74) is 2.61. The van der Waals surface area contributed by atoms with Gasteiger partial charge in [-0.1, -0.05) is 46.7 Å². The summed E-state index contributed by atoms with van der Waals surface area (Å²) in [4.78, 5) is 12.1. The number of halogens is 1. The highest BCUT2D eigenvalue weighted by Crippen LogP contribution is 2.43. The topological polar surface area (TPSA) is 35.0 Å². The van der Waals surface area contributed by atoms with E-state index >= 15 is 0 Å². The van der Waals surface area contributed by atoms with Gasteiger partial charge in [0, 0.05) is 26.9 Å². The van der Waals surface area contributed by atoms with Crippen LogP contribution in [-0.4, -0.2) is 21.8 Å². The van der Waals surface area contributed by atoms with Gasteiger partial charge in [-0.25, -0.2) is 9.97 Å². The lowest BCUT2D eigenvalue weighted by Crippen LogP contribution is -2.33. The molecule has 2 aromatic heterocycles. The quantitative estimate of drug-likeness (QED) is 0.230. The van der Waals surface area contributed by atoms with Crippen molar-refractivity contribution in [2.24, 2.45) is 0 Å². The molecule has 0 fully saturated rings. The maximum absolute atomic E-state index is 6.15. The molecule has 0 saturated carbocycles. The number of benzene rings is 1. The molecule has 0 bridgehead atoms. The molecule has 0 radical (unpaired) electrons. The average Bonchev–Trinajstić information content (AvgIpc) is 3.04. The lowest BCUT2D eigenvalue weighted by Gasteiger charge is -2.33. The number of aromatic nitrogens is 2. The van der Waals surface area contributed by atoms with E-state index in [1.54, 1.807) is 23.1 Å². The van der Waals surface area contributed by atoms with Gasteiger partial charge in [-0.05, 0) is 42.9 Å². The summed E-state index contributed by atoms with van der Waals surface area (Å²) in [5.74, 6) is 0.902. The van der Waals surface area contributed by atoms with Gasteiger partial charge in [0.25, 0.3) is 0 Å². The summed E-state index contributed by atoms with van der Waals surface area (Å²) < 4.78 is 7.26. The van der Waals surface area contributed by atoms with Crippen molar-refractivity contribution in [2.45, 2.75) is 54.8 Å². The predicted octanol–water partition coefficient (Wildman–Crippen LogP) is 6.71. The van der Waals surface area contributed by atoms with Crippen LogP contribution in [0.5, 0.6) is 0 Å². The van der Waals surface area contributed by atoms with Gasteiger partial charge < -0.3 is 4.74 Å². The highest BCUT2D eigenvalue weighted by molar-refractivity contribution is 9.10. The first kappa shape index (κ1) is 19.7. The molecule has 1 aliphatic heterocycles. The van der Waals surface area contributed by atoms with Crippen molar-refractivity contribution in [3.63, 3.8) is 0 Å². The molecule has 0 saturated heterocycles. The minimum atomic E-state index is -0.0905. The van der Waals surface area contributed by atoms with Gasteiger partial charge in [0.15, 0.2) is 5.16 Å². The smallest absolute Gasteiger partial charge is 0.189 e. The molecule has 3 nitrogen and oxygen atoms in total. The van der Waals surface area contributed by atoms with Gasteiger partial charge in [0.05, 0.1) is 12.2 Å². The summed E-state index contributed by atoms with van der Waals surface area (Å²) in [5, 5.41) is 3.20. The van der Waals surface area contributed by atoms with Gasteiger partial charge in [-0.3, -0.25) is 0 Å². The van der Waals surface area contributed by atoms with Gasteiger partial charge in [-0.15, -0.1) is 23.1 Å². The lowest BCUT2D eigenvalue weighted by atomic mass is 9.90.